The smallest absolute Gasteiger partial charge is 0.246 e. The number of nitrogens with zero attached hydrogens (tertiary/aromatic N) is 2. The van der Waals surface area contributed by atoms with Crippen LogP contribution in [0.4, 0.5) is 0 Å². The predicted octanol–water partition coefficient (Wildman–Crippen LogP) is 3.22. The van der Waals surface area contributed by atoms with Gasteiger partial charge >= 0.3 is 0 Å². The molecule has 3 saturated carbocycles. The van der Waals surface area contributed by atoms with Crippen LogP contribution >= 0.6 is 0 Å². The summed E-state index contributed by atoms with van der Waals surface area (Å²) >= 11 is 0. The summed E-state index contributed by atoms with van der Waals surface area (Å²) in [5.74, 6) is 1.26. The molecule has 2 unspecified atom stereocenters. The van der Waals surface area contributed by atoms with Gasteiger partial charge in [0.1, 0.15) is 6.10 Å². The van der Waals surface area contributed by atoms with Gasteiger partial charge in [-0.1, -0.05) is 6.07 Å². The van der Waals surface area contributed by atoms with E-state index < -0.39 is 17.1 Å². The second-order valence-electron chi connectivity index (χ2n) is 11.3. The first-order valence-electron chi connectivity index (χ1n) is 12.8. The Morgan fingerprint density at radius 1 is 1.29 bits per heavy atom. The molecule has 3 heterocycles. The monoisotopic (exact) mass is 476 g/mol. The van der Waals surface area contributed by atoms with E-state index in [0.29, 0.717) is 24.6 Å². The topological polar surface area (TPSA) is 86.2 Å². The van der Waals surface area contributed by atoms with Crippen LogP contribution in [0.25, 0.3) is 6.08 Å². The van der Waals surface area contributed by atoms with Crippen LogP contribution in [0.3, 0.4) is 0 Å². The lowest BCUT2D eigenvalue weighted by Crippen LogP contribution is -2.68. The number of aliphatic hydroxyl groups is 1. The summed E-state index contributed by atoms with van der Waals surface area (Å²) in [6.07, 6.45) is 10.7. The highest BCUT2D eigenvalue weighted by Crippen LogP contribution is 2.70. The van der Waals surface area contributed by atoms with Gasteiger partial charge in [0.2, 0.25) is 5.91 Å². The van der Waals surface area contributed by atoms with E-state index in [1.807, 2.05) is 20.0 Å². The molecule has 0 bridgehead atoms. The van der Waals surface area contributed by atoms with E-state index in [-0.39, 0.29) is 23.7 Å². The third kappa shape index (κ3) is 2.82. The van der Waals surface area contributed by atoms with Crippen LogP contribution in [-0.4, -0.2) is 69.3 Å². The number of piperidine rings is 1. The Hall–Kier alpha value is -2.77. The Morgan fingerprint density at radius 2 is 2.11 bits per heavy atom. The van der Waals surface area contributed by atoms with Crippen LogP contribution in [0.5, 0.6) is 11.5 Å². The molecule has 2 aromatic rings. The molecule has 2 aliphatic heterocycles. The number of hydrogen-bond acceptors (Lipinski definition) is 6. The maximum Gasteiger partial charge on any atom is 0.246 e. The molecule has 2 N–H and O–H groups in total. The number of hydrogen-bond donors (Lipinski definition) is 2. The molecule has 1 spiro atoms. The molecule has 1 aromatic carbocycles. The first-order valence-corrected chi connectivity index (χ1v) is 12.8. The molecule has 1 amide bonds. The van der Waals surface area contributed by atoms with E-state index in [9.17, 15) is 15.0 Å². The molecule has 5 aliphatic rings. The fraction of sp³-hybridized carbons (Fsp3) is 0.536. The molecule has 7 nitrogen and oxygen atoms in total. The molecule has 184 valence electrons. The standard InChI is InChI=1S/C28H32N2O5/c1-16-3-7-21(31)24-23(16)27-13-20-25(30(20)14-17-4-5-17)28(27,33)11-9-19(26(27)35-24)29(2)22(32)8-6-18-10-12-34-15-18/h3,6-8,10,12,15,17,19-20,25-26,31,33H,4-5,9,11,13-14H2,1-2H3/b8-6+/t19-,20?,25-,26+,27+,28-,30?/m1/s1. The number of aromatic hydroxyl groups is 1. The molecule has 3 aliphatic carbocycles. The van der Waals surface area contributed by atoms with Crippen molar-refractivity contribution in [2.45, 2.75) is 74.3 Å². The van der Waals surface area contributed by atoms with Gasteiger partial charge in [-0.3, -0.25) is 9.69 Å². The van der Waals surface area contributed by atoms with Crippen molar-refractivity contribution >= 4 is 12.0 Å². The zero-order valence-electron chi connectivity index (χ0n) is 20.2. The zero-order valence-corrected chi connectivity index (χ0v) is 20.2. The largest absolute Gasteiger partial charge is 0.504 e. The van der Waals surface area contributed by atoms with Gasteiger partial charge in [0.05, 0.1) is 35.6 Å². The number of fused-ring (bicyclic) bond motifs is 3. The van der Waals surface area contributed by atoms with Crippen molar-refractivity contribution in [2.75, 3.05) is 13.6 Å². The number of carbonyl (C=O) groups is 1. The number of phenolic OH excluding ortho intramolecular Hbond substituents is 1. The number of rotatable bonds is 5. The highest BCUT2D eigenvalue weighted by Gasteiger charge is 2.81. The van der Waals surface area contributed by atoms with Crippen molar-refractivity contribution in [1.29, 1.82) is 0 Å². The minimum absolute atomic E-state index is 0.111. The van der Waals surface area contributed by atoms with Crippen LogP contribution in [0.15, 0.2) is 41.2 Å². The van der Waals surface area contributed by atoms with Gasteiger partial charge in [0, 0.05) is 36.8 Å². The molecule has 7 rings (SSSR count). The predicted molar refractivity (Wildman–Crippen MR) is 129 cm³/mol. The normalized spacial score (nSPS) is 38.4. The van der Waals surface area contributed by atoms with Gasteiger partial charge in [0.15, 0.2) is 11.5 Å². The fourth-order valence-corrected chi connectivity index (χ4v) is 7.68. The van der Waals surface area contributed by atoms with Crippen LogP contribution in [0.2, 0.25) is 0 Å². The molecule has 4 fully saturated rings. The average molecular weight is 477 g/mol. The number of benzene rings is 1. The van der Waals surface area contributed by atoms with Gasteiger partial charge in [-0.05, 0) is 68.7 Å². The van der Waals surface area contributed by atoms with Gasteiger partial charge < -0.3 is 24.3 Å². The Morgan fingerprint density at radius 3 is 2.86 bits per heavy atom. The summed E-state index contributed by atoms with van der Waals surface area (Å²) in [5, 5.41) is 23.2. The van der Waals surface area contributed by atoms with E-state index in [1.54, 1.807) is 41.7 Å². The number of likely N-dealkylation sites (N-methyl/N-ethyl adjacent to an activating group) is 1. The summed E-state index contributed by atoms with van der Waals surface area (Å²) in [7, 11) is 1.82. The van der Waals surface area contributed by atoms with Crippen molar-refractivity contribution in [1.82, 2.24) is 9.80 Å². The molecule has 0 radical (unpaired) electrons. The van der Waals surface area contributed by atoms with Gasteiger partial charge in [-0.25, -0.2) is 0 Å². The van der Waals surface area contributed by atoms with Crippen molar-refractivity contribution in [3.05, 3.63) is 53.5 Å². The first-order chi connectivity index (χ1) is 16.8. The van der Waals surface area contributed by atoms with Gasteiger partial charge in [-0.2, -0.15) is 0 Å². The lowest BCUT2D eigenvalue weighted by Gasteiger charge is -2.53. The number of amides is 1. The summed E-state index contributed by atoms with van der Waals surface area (Å²) < 4.78 is 11.7. The molecule has 1 aromatic heterocycles. The summed E-state index contributed by atoms with van der Waals surface area (Å²) in [6.45, 7) is 3.11. The molecule has 7 atom stereocenters. The van der Waals surface area contributed by atoms with Crippen LogP contribution in [-0.2, 0) is 10.2 Å². The van der Waals surface area contributed by atoms with Crippen molar-refractivity contribution in [2.24, 2.45) is 5.92 Å². The summed E-state index contributed by atoms with van der Waals surface area (Å²) in [6, 6.07) is 5.66. The van der Waals surface area contributed by atoms with Crippen molar-refractivity contribution in [3.63, 3.8) is 0 Å². The van der Waals surface area contributed by atoms with Crippen LogP contribution < -0.4 is 4.74 Å². The second-order valence-corrected chi connectivity index (χ2v) is 11.3. The minimum Gasteiger partial charge on any atom is -0.504 e. The average Bonchev–Trinajstić information content (AvgIpc) is 3.62. The zero-order chi connectivity index (χ0) is 24.1. The summed E-state index contributed by atoms with van der Waals surface area (Å²) in [4.78, 5) is 17.4. The third-order valence-electron chi connectivity index (χ3n) is 9.52. The Bertz CT molecular complexity index is 1220. The molecule has 1 saturated heterocycles. The minimum atomic E-state index is -0.936. The molecule has 7 heteroatoms. The number of aryl methyl sites for hydroxylation is 1. The Kier molecular flexibility index (Phi) is 4.39. The molecular weight excluding hydrogens is 444 g/mol. The van der Waals surface area contributed by atoms with Crippen LogP contribution in [0.1, 0.15) is 48.8 Å². The Labute approximate surface area is 205 Å². The number of ether oxygens (including phenoxy) is 1. The highest BCUT2D eigenvalue weighted by molar-refractivity contribution is 5.92. The number of furan rings is 1. The van der Waals surface area contributed by atoms with Crippen molar-refractivity contribution < 1.29 is 24.2 Å². The van der Waals surface area contributed by atoms with Crippen LogP contribution in [0, 0.1) is 12.8 Å². The molecule has 35 heavy (non-hydrogen) atoms. The second kappa shape index (κ2) is 7.14. The van der Waals surface area contributed by atoms with E-state index in [0.717, 1.165) is 35.6 Å². The van der Waals surface area contributed by atoms with E-state index >= 15 is 0 Å². The summed E-state index contributed by atoms with van der Waals surface area (Å²) in [5.41, 5.74) is 1.24. The quantitative estimate of drug-likeness (QED) is 0.509. The highest BCUT2D eigenvalue weighted by atomic mass is 16.5. The van der Waals surface area contributed by atoms with E-state index in [2.05, 4.69) is 4.90 Å². The first kappa shape index (κ1) is 21.5. The van der Waals surface area contributed by atoms with Crippen molar-refractivity contribution in [3.8, 4) is 11.5 Å². The van der Waals surface area contributed by atoms with Gasteiger partial charge in [-0.15, -0.1) is 0 Å². The van der Waals surface area contributed by atoms with E-state index in [1.165, 1.54) is 12.8 Å². The maximum atomic E-state index is 13.2. The number of phenols is 1. The lowest BCUT2D eigenvalue weighted by molar-refractivity contribution is -0.146. The fourth-order valence-electron chi connectivity index (χ4n) is 7.68. The third-order valence-corrected chi connectivity index (χ3v) is 9.52. The lowest BCUT2D eigenvalue weighted by atomic mass is 9.57. The SMILES string of the molecule is Cc1ccc(O)c2c1[C@]13CC4[C@@H](N4CC4CC4)[C@]1(O)CC[C@@H](N(C)C(=O)/C=C/c1ccoc1)[C@@H]3O2. The Balaban J connectivity index is 1.26. The molecular formula is C28H32N2O5. The van der Waals surface area contributed by atoms with E-state index in [4.69, 9.17) is 9.15 Å². The van der Waals surface area contributed by atoms with Gasteiger partial charge in [0.25, 0.3) is 0 Å². The maximum absolute atomic E-state index is 13.2. The number of likely N-dealkylation sites (tertiary alicyclic amines) is 1. The number of carbonyl (C=O) groups excluding carboxylic acids is 1.